The quantitative estimate of drug-likeness (QED) is 0.852. The summed E-state index contributed by atoms with van der Waals surface area (Å²) in [6, 6.07) is 8.18. The topological polar surface area (TPSA) is 23.5 Å². The van der Waals surface area contributed by atoms with Crippen LogP contribution in [0.5, 0.6) is 5.75 Å². The van der Waals surface area contributed by atoms with Gasteiger partial charge in [-0.25, -0.2) is 0 Å². The van der Waals surface area contributed by atoms with Gasteiger partial charge < -0.3 is 5.11 Å². The van der Waals surface area contributed by atoms with Crippen molar-refractivity contribution in [3.63, 3.8) is 0 Å². The van der Waals surface area contributed by atoms with E-state index in [0.717, 1.165) is 13.1 Å². The van der Waals surface area contributed by atoms with Crippen molar-refractivity contribution in [2.24, 2.45) is 0 Å². The van der Waals surface area contributed by atoms with Crippen molar-refractivity contribution in [1.82, 2.24) is 4.90 Å². The molecule has 19 heavy (non-hydrogen) atoms. The fourth-order valence-corrected chi connectivity index (χ4v) is 3.12. The molecule has 1 aromatic rings. The molecule has 1 aliphatic heterocycles. The average Bonchev–Trinajstić information content (AvgIpc) is 2.35. The highest BCUT2D eigenvalue weighted by atomic mass is 79.9. The number of halogens is 1. The molecular weight excluding hydrogens is 302 g/mol. The number of rotatable bonds is 3. The van der Waals surface area contributed by atoms with Crippen LogP contribution < -0.4 is 0 Å². The van der Waals surface area contributed by atoms with E-state index < -0.39 is 0 Å². The summed E-state index contributed by atoms with van der Waals surface area (Å²) in [6.45, 7) is 10.5. The Kier molecular flexibility index (Phi) is 5.63. The minimum atomic E-state index is 0. The molecule has 0 aliphatic carbocycles. The van der Waals surface area contributed by atoms with E-state index in [1.165, 1.54) is 18.4 Å². The standard InChI is InChI=1S/C16H23NO.BrH/c1-4-10-17-11-6-9-16(3,13(17)2)14-7-5-8-15(18)12-14;/h4-5,7-8,12-13,18H,1,6,9-11H2,2-3H3;1H. The van der Waals surface area contributed by atoms with Gasteiger partial charge in [0, 0.05) is 18.0 Å². The number of phenols is 1. The lowest BCUT2D eigenvalue weighted by atomic mass is 9.70. The summed E-state index contributed by atoms with van der Waals surface area (Å²) in [5.41, 5.74) is 1.35. The molecule has 106 valence electrons. The second kappa shape index (κ2) is 6.58. The van der Waals surface area contributed by atoms with E-state index >= 15 is 0 Å². The van der Waals surface area contributed by atoms with E-state index in [4.69, 9.17) is 0 Å². The van der Waals surface area contributed by atoms with Crippen molar-refractivity contribution in [1.29, 1.82) is 0 Å². The molecule has 0 bridgehead atoms. The molecule has 2 rings (SSSR count). The molecule has 2 atom stereocenters. The summed E-state index contributed by atoms with van der Waals surface area (Å²) < 4.78 is 0. The van der Waals surface area contributed by atoms with Gasteiger partial charge in [0.2, 0.25) is 0 Å². The van der Waals surface area contributed by atoms with Gasteiger partial charge in [0.1, 0.15) is 5.75 Å². The van der Waals surface area contributed by atoms with E-state index in [1.807, 2.05) is 18.2 Å². The predicted molar refractivity (Wildman–Crippen MR) is 86.2 cm³/mol. The maximum Gasteiger partial charge on any atom is 0.115 e. The lowest BCUT2D eigenvalue weighted by Gasteiger charge is -2.47. The molecule has 1 aliphatic rings. The normalized spacial score (nSPS) is 27.6. The molecule has 0 radical (unpaired) electrons. The lowest BCUT2D eigenvalue weighted by molar-refractivity contribution is 0.0991. The number of piperidine rings is 1. The largest absolute Gasteiger partial charge is 0.508 e. The van der Waals surface area contributed by atoms with Crippen LogP contribution in [0.3, 0.4) is 0 Å². The van der Waals surface area contributed by atoms with Crippen LogP contribution in [0.1, 0.15) is 32.3 Å². The first kappa shape index (κ1) is 16.3. The number of hydrogen-bond acceptors (Lipinski definition) is 2. The molecule has 0 spiro atoms. The minimum absolute atomic E-state index is 0. The Labute approximate surface area is 126 Å². The summed E-state index contributed by atoms with van der Waals surface area (Å²) in [7, 11) is 0. The number of benzene rings is 1. The van der Waals surface area contributed by atoms with Crippen LogP contribution in [0.15, 0.2) is 36.9 Å². The van der Waals surface area contributed by atoms with Gasteiger partial charge in [0.05, 0.1) is 0 Å². The summed E-state index contributed by atoms with van der Waals surface area (Å²) in [5, 5.41) is 9.68. The van der Waals surface area contributed by atoms with Crippen molar-refractivity contribution in [2.45, 2.75) is 38.1 Å². The van der Waals surface area contributed by atoms with Crippen LogP contribution in [-0.4, -0.2) is 29.1 Å². The van der Waals surface area contributed by atoms with Crippen LogP contribution in [0, 0.1) is 0 Å². The van der Waals surface area contributed by atoms with Crippen LogP contribution in [0.2, 0.25) is 0 Å². The Bertz CT molecular complexity index is 435. The van der Waals surface area contributed by atoms with Crippen molar-refractivity contribution in [3.8, 4) is 5.75 Å². The molecule has 1 N–H and O–H groups in total. The van der Waals surface area contributed by atoms with Gasteiger partial charge in [-0.05, 0) is 44.0 Å². The van der Waals surface area contributed by atoms with Gasteiger partial charge in [-0.1, -0.05) is 25.1 Å². The third-order valence-corrected chi connectivity index (χ3v) is 4.48. The molecule has 1 heterocycles. The Morgan fingerprint density at radius 1 is 1.53 bits per heavy atom. The summed E-state index contributed by atoms with van der Waals surface area (Å²) >= 11 is 0. The first-order valence-corrected chi connectivity index (χ1v) is 6.72. The third-order valence-electron chi connectivity index (χ3n) is 4.48. The smallest absolute Gasteiger partial charge is 0.115 e. The fraction of sp³-hybridized carbons (Fsp3) is 0.500. The highest BCUT2D eigenvalue weighted by molar-refractivity contribution is 8.93. The monoisotopic (exact) mass is 325 g/mol. The maximum atomic E-state index is 9.68. The first-order chi connectivity index (χ1) is 8.58. The van der Waals surface area contributed by atoms with Crippen LogP contribution in [-0.2, 0) is 5.41 Å². The average molecular weight is 326 g/mol. The first-order valence-electron chi connectivity index (χ1n) is 6.72. The minimum Gasteiger partial charge on any atom is -0.508 e. The fourth-order valence-electron chi connectivity index (χ4n) is 3.12. The number of phenolic OH excluding ortho intramolecular Hbond substituents is 1. The highest BCUT2D eigenvalue weighted by Crippen LogP contribution is 2.39. The zero-order valence-electron chi connectivity index (χ0n) is 11.8. The molecule has 1 aromatic carbocycles. The molecule has 1 fully saturated rings. The van der Waals surface area contributed by atoms with E-state index in [-0.39, 0.29) is 22.4 Å². The number of nitrogens with zero attached hydrogens (tertiary/aromatic N) is 1. The molecule has 1 saturated heterocycles. The second-order valence-electron chi connectivity index (χ2n) is 5.53. The SMILES string of the molecule is Br.C=CCN1CCCC(C)(c2cccc(O)c2)C1C. The van der Waals surface area contributed by atoms with E-state index in [1.54, 1.807) is 6.07 Å². The maximum absolute atomic E-state index is 9.68. The number of hydrogen-bond donors (Lipinski definition) is 1. The molecular formula is C16H24BrNO. The van der Waals surface area contributed by atoms with Crippen LogP contribution in [0.25, 0.3) is 0 Å². The predicted octanol–water partition coefficient (Wildman–Crippen LogP) is 3.90. The third kappa shape index (κ3) is 3.21. The van der Waals surface area contributed by atoms with Crippen molar-refractivity contribution in [3.05, 3.63) is 42.5 Å². The van der Waals surface area contributed by atoms with Crippen LogP contribution in [0.4, 0.5) is 0 Å². The zero-order chi connectivity index (χ0) is 13.2. The lowest BCUT2D eigenvalue weighted by Crippen LogP contribution is -2.51. The molecule has 2 unspecified atom stereocenters. The van der Waals surface area contributed by atoms with Gasteiger partial charge in [-0.3, -0.25) is 4.90 Å². The van der Waals surface area contributed by atoms with Crippen molar-refractivity contribution in [2.75, 3.05) is 13.1 Å². The molecule has 2 nitrogen and oxygen atoms in total. The van der Waals surface area contributed by atoms with Gasteiger partial charge in [-0.15, -0.1) is 23.6 Å². The molecule has 0 saturated carbocycles. The second-order valence-corrected chi connectivity index (χ2v) is 5.53. The van der Waals surface area contributed by atoms with Crippen molar-refractivity contribution >= 4 is 17.0 Å². The summed E-state index contributed by atoms with van der Waals surface area (Å²) in [6.07, 6.45) is 4.35. The van der Waals surface area contributed by atoms with Gasteiger partial charge in [0.15, 0.2) is 0 Å². The van der Waals surface area contributed by atoms with Gasteiger partial charge in [0.25, 0.3) is 0 Å². The van der Waals surface area contributed by atoms with E-state index in [0.29, 0.717) is 11.8 Å². The Morgan fingerprint density at radius 3 is 2.89 bits per heavy atom. The van der Waals surface area contributed by atoms with Crippen molar-refractivity contribution < 1.29 is 5.11 Å². The van der Waals surface area contributed by atoms with Gasteiger partial charge in [-0.2, -0.15) is 0 Å². The van der Waals surface area contributed by atoms with Crippen LogP contribution >= 0.6 is 17.0 Å². The highest BCUT2D eigenvalue weighted by Gasteiger charge is 2.39. The number of aromatic hydroxyl groups is 1. The van der Waals surface area contributed by atoms with Gasteiger partial charge >= 0.3 is 0 Å². The number of likely N-dealkylation sites (tertiary alicyclic amines) is 1. The summed E-state index contributed by atoms with van der Waals surface area (Å²) in [5.74, 6) is 0.363. The van der Waals surface area contributed by atoms with E-state index in [9.17, 15) is 5.11 Å². The summed E-state index contributed by atoms with van der Waals surface area (Å²) in [4.78, 5) is 2.47. The molecule has 0 amide bonds. The Hall–Kier alpha value is -0.800. The molecule has 3 heteroatoms. The molecule has 0 aromatic heterocycles. The van der Waals surface area contributed by atoms with E-state index in [2.05, 4.69) is 31.4 Å². The zero-order valence-corrected chi connectivity index (χ0v) is 13.5. The Balaban J connectivity index is 0.00000180. The Morgan fingerprint density at radius 2 is 2.26 bits per heavy atom.